The van der Waals surface area contributed by atoms with Gasteiger partial charge in [-0.15, -0.1) is 0 Å². The third-order valence-corrected chi connectivity index (χ3v) is 11.3. The Balaban J connectivity index is 4.42. The van der Waals surface area contributed by atoms with Crippen LogP contribution in [0.1, 0.15) is 252 Å². The monoisotopic (exact) mass is 879 g/mol. The smallest absolute Gasteiger partial charge is 0.306 e. The van der Waals surface area contributed by atoms with E-state index in [1.165, 1.54) is 128 Å². The zero-order valence-corrected chi connectivity index (χ0v) is 41.3. The summed E-state index contributed by atoms with van der Waals surface area (Å²) < 4.78 is 16.8. The van der Waals surface area contributed by atoms with E-state index in [1.54, 1.807) is 0 Å². The first kappa shape index (κ1) is 59.9. The molecular formula is C57H98O6. The Morgan fingerprint density at radius 2 is 0.635 bits per heavy atom. The van der Waals surface area contributed by atoms with E-state index in [4.69, 9.17) is 14.2 Å². The van der Waals surface area contributed by atoms with Gasteiger partial charge in [0.25, 0.3) is 0 Å². The maximum atomic E-state index is 12.8. The Labute approximate surface area is 389 Å². The van der Waals surface area contributed by atoms with Crippen molar-refractivity contribution in [3.05, 3.63) is 72.9 Å². The lowest BCUT2D eigenvalue weighted by atomic mass is 10.1. The normalized spacial score (nSPS) is 12.6. The van der Waals surface area contributed by atoms with Gasteiger partial charge >= 0.3 is 17.9 Å². The zero-order chi connectivity index (χ0) is 45.8. The quantitative estimate of drug-likeness (QED) is 0.0199. The number of hydrogen-bond donors (Lipinski definition) is 0. The molecule has 0 fully saturated rings. The molecule has 63 heavy (non-hydrogen) atoms. The molecule has 0 saturated heterocycles. The second-order valence-electron chi connectivity index (χ2n) is 17.5. The summed E-state index contributed by atoms with van der Waals surface area (Å²) in [6.45, 7) is 6.45. The van der Waals surface area contributed by atoms with Crippen LogP contribution >= 0.6 is 0 Å². The highest BCUT2D eigenvalue weighted by Gasteiger charge is 2.19. The summed E-state index contributed by atoms with van der Waals surface area (Å²) in [6, 6.07) is 0. The number of carbonyl (C=O) groups excluding carboxylic acids is 3. The molecule has 0 saturated carbocycles. The standard InChI is InChI=1S/C57H98O6/c1-4-7-10-13-16-19-22-25-28-31-34-37-40-43-46-49-55(58)61-52-54(63-57(60)51-48-45-42-39-36-33-30-27-24-21-18-15-12-9-6-3)53-62-56(59)50-47-44-41-38-35-32-29-26-23-20-17-14-11-8-5-2/h7,10,13,16,18-24,27,54H,4-6,8-9,11-12,14-15,17,25-26,28-53H2,1-3H3/b10-7-,16-13-,21-18-,22-19-,23-20-,27-24-. The number of allylic oxidation sites excluding steroid dienone is 12. The Kier molecular flexibility index (Phi) is 48.9. The van der Waals surface area contributed by atoms with E-state index in [2.05, 4.69) is 93.7 Å². The van der Waals surface area contributed by atoms with E-state index < -0.39 is 6.10 Å². The van der Waals surface area contributed by atoms with Crippen LogP contribution in [0.3, 0.4) is 0 Å². The van der Waals surface area contributed by atoms with Gasteiger partial charge in [-0.05, 0) is 89.9 Å². The van der Waals surface area contributed by atoms with Gasteiger partial charge in [0, 0.05) is 19.3 Å². The van der Waals surface area contributed by atoms with Gasteiger partial charge in [-0.3, -0.25) is 14.4 Å². The number of hydrogen-bond acceptors (Lipinski definition) is 6. The van der Waals surface area contributed by atoms with Gasteiger partial charge in [-0.2, -0.15) is 0 Å². The second kappa shape index (κ2) is 51.5. The summed E-state index contributed by atoms with van der Waals surface area (Å²) in [7, 11) is 0. The average molecular weight is 879 g/mol. The van der Waals surface area contributed by atoms with Crippen LogP contribution in [0.5, 0.6) is 0 Å². The summed E-state index contributed by atoms with van der Waals surface area (Å²) in [4.78, 5) is 38.0. The van der Waals surface area contributed by atoms with Gasteiger partial charge < -0.3 is 14.2 Å². The molecule has 0 bridgehead atoms. The van der Waals surface area contributed by atoms with Gasteiger partial charge in [-0.1, -0.05) is 216 Å². The molecule has 1 unspecified atom stereocenters. The fraction of sp³-hybridized carbons (Fsp3) is 0.737. The fourth-order valence-electron chi connectivity index (χ4n) is 7.25. The molecule has 1 atom stereocenters. The minimum Gasteiger partial charge on any atom is -0.462 e. The summed E-state index contributed by atoms with van der Waals surface area (Å²) in [5, 5.41) is 0. The Morgan fingerprint density at radius 3 is 1.05 bits per heavy atom. The van der Waals surface area contributed by atoms with Gasteiger partial charge in [0.05, 0.1) is 0 Å². The average Bonchev–Trinajstić information content (AvgIpc) is 3.28. The van der Waals surface area contributed by atoms with E-state index in [-0.39, 0.29) is 31.1 Å². The van der Waals surface area contributed by atoms with Crippen molar-refractivity contribution in [1.82, 2.24) is 0 Å². The first-order chi connectivity index (χ1) is 31.0. The molecule has 0 spiro atoms. The van der Waals surface area contributed by atoms with Gasteiger partial charge in [-0.25, -0.2) is 0 Å². The summed E-state index contributed by atoms with van der Waals surface area (Å²) >= 11 is 0. The van der Waals surface area contributed by atoms with Crippen molar-refractivity contribution in [2.75, 3.05) is 13.2 Å². The Bertz CT molecular complexity index is 1190. The van der Waals surface area contributed by atoms with Crippen LogP contribution in [-0.4, -0.2) is 37.2 Å². The van der Waals surface area contributed by atoms with Crippen molar-refractivity contribution in [3.8, 4) is 0 Å². The molecule has 0 rings (SSSR count). The van der Waals surface area contributed by atoms with Crippen LogP contribution in [0.25, 0.3) is 0 Å². The Hall–Kier alpha value is -3.15. The molecule has 0 aliphatic carbocycles. The van der Waals surface area contributed by atoms with Crippen molar-refractivity contribution in [3.63, 3.8) is 0 Å². The molecule has 6 heteroatoms. The number of rotatable bonds is 47. The van der Waals surface area contributed by atoms with E-state index in [1.807, 2.05) is 0 Å². The van der Waals surface area contributed by atoms with Crippen molar-refractivity contribution in [1.29, 1.82) is 0 Å². The van der Waals surface area contributed by atoms with Crippen LogP contribution in [0.15, 0.2) is 72.9 Å². The lowest BCUT2D eigenvalue weighted by Crippen LogP contribution is -2.30. The van der Waals surface area contributed by atoms with E-state index in [0.29, 0.717) is 19.3 Å². The molecule has 0 radical (unpaired) electrons. The minimum atomic E-state index is -0.788. The second-order valence-corrected chi connectivity index (χ2v) is 17.5. The predicted octanol–water partition coefficient (Wildman–Crippen LogP) is 17.4. The van der Waals surface area contributed by atoms with Gasteiger partial charge in [0.1, 0.15) is 13.2 Å². The van der Waals surface area contributed by atoms with Crippen LogP contribution in [0, 0.1) is 0 Å². The third-order valence-electron chi connectivity index (χ3n) is 11.3. The topological polar surface area (TPSA) is 78.9 Å². The minimum absolute atomic E-state index is 0.0864. The highest BCUT2D eigenvalue weighted by atomic mass is 16.6. The summed E-state index contributed by atoms with van der Waals surface area (Å²) in [6.07, 6.45) is 64.5. The third kappa shape index (κ3) is 49.7. The van der Waals surface area contributed by atoms with Crippen LogP contribution in [0.2, 0.25) is 0 Å². The molecular weight excluding hydrogens is 781 g/mol. The van der Waals surface area contributed by atoms with Gasteiger partial charge in [0.15, 0.2) is 6.10 Å². The van der Waals surface area contributed by atoms with E-state index >= 15 is 0 Å². The maximum Gasteiger partial charge on any atom is 0.306 e. The zero-order valence-electron chi connectivity index (χ0n) is 41.3. The highest BCUT2D eigenvalue weighted by molar-refractivity contribution is 5.71. The van der Waals surface area contributed by atoms with E-state index in [9.17, 15) is 14.4 Å². The van der Waals surface area contributed by atoms with Crippen LogP contribution in [-0.2, 0) is 28.6 Å². The van der Waals surface area contributed by atoms with Crippen LogP contribution < -0.4 is 0 Å². The number of ether oxygens (including phenoxy) is 3. The molecule has 0 N–H and O–H groups in total. The predicted molar refractivity (Wildman–Crippen MR) is 270 cm³/mol. The number of carbonyl (C=O) groups is 3. The molecule has 6 nitrogen and oxygen atoms in total. The largest absolute Gasteiger partial charge is 0.462 e. The molecule has 0 aromatic carbocycles. The molecule has 0 amide bonds. The van der Waals surface area contributed by atoms with Crippen molar-refractivity contribution in [2.45, 2.75) is 258 Å². The number of esters is 3. The molecule has 0 aliphatic heterocycles. The Morgan fingerprint density at radius 1 is 0.333 bits per heavy atom. The number of unbranched alkanes of at least 4 members (excludes halogenated alkanes) is 27. The lowest BCUT2D eigenvalue weighted by molar-refractivity contribution is -0.167. The highest BCUT2D eigenvalue weighted by Crippen LogP contribution is 2.14. The van der Waals surface area contributed by atoms with Crippen molar-refractivity contribution in [2.24, 2.45) is 0 Å². The van der Waals surface area contributed by atoms with E-state index in [0.717, 1.165) is 83.5 Å². The molecule has 362 valence electrons. The van der Waals surface area contributed by atoms with Crippen molar-refractivity contribution < 1.29 is 28.6 Å². The van der Waals surface area contributed by atoms with Crippen LogP contribution in [0.4, 0.5) is 0 Å². The molecule has 0 aromatic rings. The van der Waals surface area contributed by atoms with Crippen molar-refractivity contribution >= 4 is 17.9 Å². The lowest BCUT2D eigenvalue weighted by Gasteiger charge is -2.18. The SMILES string of the molecule is CC\C=C/C=C\C=C/CCCCCCCCCC(=O)OCC(COC(=O)CCCCCCCCC/C=C\CCCCCC)OC(=O)CCCCCCCC/C=C\C=C/CCCCC. The fourth-order valence-corrected chi connectivity index (χ4v) is 7.25. The van der Waals surface area contributed by atoms with Gasteiger partial charge in [0.2, 0.25) is 0 Å². The maximum absolute atomic E-state index is 12.8. The first-order valence-electron chi connectivity index (χ1n) is 26.5. The molecule has 0 heterocycles. The molecule has 0 aliphatic rings. The molecule has 0 aromatic heterocycles. The summed E-state index contributed by atoms with van der Waals surface area (Å²) in [5.74, 6) is -0.912. The first-order valence-corrected chi connectivity index (χ1v) is 26.5. The summed E-state index contributed by atoms with van der Waals surface area (Å²) in [5.41, 5.74) is 0.